The van der Waals surface area contributed by atoms with Crippen LogP contribution in [0.1, 0.15) is 6.92 Å². The van der Waals surface area contributed by atoms with Crippen LogP contribution in [0.3, 0.4) is 0 Å². The van der Waals surface area contributed by atoms with Crippen molar-refractivity contribution in [2.24, 2.45) is 11.7 Å². The fourth-order valence-electron chi connectivity index (χ4n) is 2.20. The average Bonchev–Trinajstić information content (AvgIpc) is 2.63. The van der Waals surface area contributed by atoms with Crippen LogP contribution in [0.2, 0.25) is 10.0 Å². The van der Waals surface area contributed by atoms with Crippen LogP contribution in [0, 0.1) is 5.92 Å². The molecule has 1 saturated heterocycles. The van der Waals surface area contributed by atoms with Gasteiger partial charge in [-0.15, -0.1) is 0 Å². The molecule has 2 atom stereocenters. The minimum atomic E-state index is -0.0697. The molecule has 6 heteroatoms. The number of halogens is 2. The molecule has 3 N–H and O–H groups in total. The number of amides is 1. The minimum Gasteiger partial charge on any atom is -0.326 e. The lowest BCUT2D eigenvalue weighted by molar-refractivity contribution is -0.117. The van der Waals surface area contributed by atoms with Crippen LogP contribution >= 0.6 is 23.2 Å². The van der Waals surface area contributed by atoms with Gasteiger partial charge in [-0.1, -0.05) is 30.1 Å². The Labute approximate surface area is 122 Å². The lowest BCUT2D eigenvalue weighted by Gasteiger charge is -2.15. The summed E-state index contributed by atoms with van der Waals surface area (Å²) in [5, 5.41) is 3.70. The Morgan fingerprint density at radius 3 is 2.74 bits per heavy atom. The highest BCUT2D eigenvalue weighted by atomic mass is 35.5. The van der Waals surface area contributed by atoms with Gasteiger partial charge in [-0.3, -0.25) is 9.69 Å². The van der Waals surface area contributed by atoms with E-state index in [1.807, 2.05) is 0 Å². The van der Waals surface area contributed by atoms with Gasteiger partial charge in [-0.2, -0.15) is 0 Å². The van der Waals surface area contributed by atoms with E-state index in [4.69, 9.17) is 28.9 Å². The summed E-state index contributed by atoms with van der Waals surface area (Å²) in [7, 11) is 0. The second-order valence-electron chi connectivity index (χ2n) is 5.01. The first-order valence-electron chi connectivity index (χ1n) is 6.18. The van der Waals surface area contributed by atoms with E-state index in [0.29, 0.717) is 28.2 Å². The molecule has 2 unspecified atom stereocenters. The number of hydrogen-bond donors (Lipinski definition) is 2. The Morgan fingerprint density at radius 1 is 1.42 bits per heavy atom. The summed E-state index contributed by atoms with van der Waals surface area (Å²) in [6.45, 7) is 4.06. The van der Waals surface area contributed by atoms with E-state index in [0.717, 1.165) is 13.1 Å². The highest BCUT2D eigenvalue weighted by Gasteiger charge is 2.27. The van der Waals surface area contributed by atoms with Crippen LogP contribution in [0.15, 0.2) is 18.2 Å². The Morgan fingerprint density at radius 2 is 2.16 bits per heavy atom. The molecule has 0 aromatic heterocycles. The van der Waals surface area contributed by atoms with Crippen LogP contribution < -0.4 is 11.1 Å². The van der Waals surface area contributed by atoms with E-state index in [1.165, 1.54) is 0 Å². The summed E-state index contributed by atoms with van der Waals surface area (Å²) in [6.07, 6.45) is 0. The number of nitrogens with one attached hydrogen (secondary N) is 1. The van der Waals surface area contributed by atoms with Crippen molar-refractivity contribution < 1.29 is 4.79 Å². The zero-order valence-electron chi connectivity index (χ0n) is 10.7. The third kappa shape index (κ3) is 3.83. The van der Waals surface area contributed by atoms with E-state index < -0.39 is 0 Å². The summed E-state index contributed by atoms with van der Waals surface area (Å²) in [5.41, 5.74) is 6.58. The maximum atomic E-state index is 11.9. The summed E-state index contributed by atoms with van der Waals surface area (Å²) >= 11 is 11.7. The number of nitrogens with two attached hydrogens (primary N) is 1. The van der Waals surface area contributed by atoms with Gasteiger partial charge >= 0.3 is 0 Å². The van der Waals surface area contributed by atoms with Gasteiger partial charge in [0.1, 0.15) is 0 Å². The first-order chi connectivity index (χ1) is 8.95. The van der Waals surface area contributed by atoms with E-state index in [2.05, 4.69) is 17.1 Å². The SMILES string of the molecule is CC1CN(CC(=O)Nc2ccc(Cl)c(Cl)c2)CC1N. The van der Waals surface area contributed by atoms with Crippen LogP contribution in [-0.2, 0) is 4.79 Å². The smallest absolute Gasteiger partial charge is 0.238 e. The van der Waals surface area contributed by atoms with Crippen LogP contribution in [0.5, 0.6) is 0 Å². The fraction of sp³-hybridized carbons (Fsp3) is 0.462. The summed E-state index contributed by atoms with van der Waals surface area (Å²) in [6, 6.07) is 5.18. The number of carbonyl (C=O) groups is 1. The number of nitrogens with zero attached hydrogens (tertiary/aromatic N) is 1. The van der Waals surface area contributed by atoms with Crippen molar-refractivity contribution in [3.8, 4) is 0 Å². The third-order valence-electron chi connectivity index (χ3n) is 3.32. The second kappa shape index (κ2) is 6.09. The molecule has 0 spiro atoms. The molecule has 19 heavy (non-hydrogen) atoms. The van der Waals surface area contributed by atoms with Crippen LogP contribution in [0.25, 0.3) is 0 Å². The highest BCUT2D eigenvalue weighted by Crippen LogP contribution is 2.25. The largest absolute Gasteiger partial charge is 0.326 e. The molecule has 1 heterocycles. The molecular formula is C13H17Cl2N3O. The maximum absolute atomic E-state index is 11.9. The van der Waals surface area contributed by atoms with Crippen molar-refractivity contribution in [3.05, 3.63) is 28.2 Å². The standard InChI is InChI=1S/C13H17Cl2N3O/c1-8-5-18(6-12(8)16)7-13(19)17-9-2-3-10(14)11(15)4-9/h2-4,8,12H,5-7,16H2,1H3,(H,17,19). The molecule has 0 saturated carbocycles. The molecule has 1 aliphatic heterocycles. The van der Waals surface area contributed by atoms with E-state index in [-0.39, 0.29) is 11.9 Å². The number of likely N-dealkylation sites (tertiary alicyclic amines) is 1. The van der Waals surface area contributed by atoms with Gasteiger partial charge in [0.05, 0.1) is 16.6 Å². The lowest BCUT2D eigenvalue weighted by atomic mass is 10.1. The van der Waals surface area contributed by atoms with Crippen molar-refractivity contribution in [1.82, 2.24) is 4.90 Å². The van der Waals surface area contributed by atoms with Gasteiger partial charge in [0, 0.05) is 24.8 Å². The molecule has 1 aromatic carbocycles. The van der Waals surface area contributed by atoms with Gasteiger partial charge in [-0.05, 0) is 24.1 Å². The van der Waals surface area contributed by atoms with E-state index in [9.17, 15) is 4.79 Å². The Hall–Kier alpha value is -0.810. The summed E-state index contributed by atoms with van der Waals surface area (Å²) in [4.78, 5) is 14.0. The topological polar surface area (TPSA) is 58.4 Å². The monoisotopic (exact) mass is 301 g/mol. The van der Waals surface area contributed by atoms with Crippen molar-refractivity contribution in [1.29, 1.82) is 0 Å². The molecule has 2 rings (SSSR count). The van der Waals surface area contributed by atoms with Gasteiger partial charge in [0.2, 0.25) is 5.91 Å². The Balaban J connectivity index is 1.89. The predicted molar refractivity (Wildman–Crippen MR) is 78.7 cm³/mol. The molecule has 1 aliphatic rings. The molecule has 104 valence electrons. The molecule has 0 radical (unpaired) electrons. The molecule has 1 aromatic rings. The molecule has 4 nitrogen and oxygen atoms in total. The number of anilines is 1. The van der Waals surface area contributed by atoms with Gasteiger partial charge in [-0.25, -0.2) is 0 Å². The predicted octanol–water partition coefficient (Wildman–Crippen LogP) is 2.21. The van der Waals surface area contributed by atoms with Crippen molar-refractivity contribution >= 4 is 34.8 Å². The molecule has 1 amide bonds. The lowest BCUT2D eigenvalue weighted by Crippen LogP contribution is -2.33. The number of hydrogen-bond acceptors (Lipinski definition) is 3. The summed E-state index contributed by atoms with van der Waals surface area (Å²) < 4.78 is 0. The van der Waals surface area contributed by atoms with E-state index >= 15 is 0 Å². The van der Waals surface area contributed by atoms with Crippen LogP contribution in [-0.4, -0.2) is 36.5 Å². The first kappa shape index (κ1) is 14.6. The van der Waals surface area contributed by atoms with Gasteiger partial charge in [0.15, 0.2) is 0 Å². The quantitative estimate of drug-likeness (QED) is 0.900. The second-order valence-corrected chi connectivity index (χ2v) is 5.83. The summed E-state index contributed by atoms with van der Waals surface area (Å²) in [5.74, 6) is 0.359. The average molecular weight is 302 g/mol. The minimum absolute atomic E-state index is 0.0697. The Bertz CT molecular complexity index is 471. The zero-order chi connectivity index (χ0) is 14.0. The molecule has 0 aliphatic carbocycles. The maximum Gasteiger partial charge on any atom is 0.238 e. The highest BCUT2D eigenvalue weighted by molar-refractivity contribution is 6.42. The van der Waals surface area contributed by atoms with E-state index in [1.54, 1.807) is 18.2 Å². The number of carbonyl (C=O) groups excluding carboxylic acids is 1. The van der Waals surface area contributed by atoms with Gasteiger partial charge in [0.25, 0.3) is 0 Å². The van der Waals surface area contributed by atoms with Crippen molar-refractivity contribution in [3.63, 3.8) is 0 Å². The van der Waals surface area contributed by atoms with Crippen molar-refractivity contribution in [2.75, 3.05) is 25.0 Å². The normalized spacial score (nSPS) is 23.6. The number of benzene rings is 1. The number of rotatable bonds is 3. The van der Waals surface area contributed by atoms with Crippen molar-refractivity contribution in [2.45, 2.75) is 13.0 Å². The Kier molecular flexibility index (Phi) is 4.68. The molecular weight excluding hydrogens is 285 g/mol. The molecule has 0 bridgehead atoms. The zero-order valence-corrected chi connectivity index (χ0v) is 12.2. The molecule has 1 fully saturated rings. The van der Waals surface area contributed by atoms with Gasteiger partial charge < -0.3 is 11.1 Å². The first-order valence-corrected chi connectivity index (χ1v) is 6.94. The third-order valence-corrected chi connectivity index (χ3v) is 4.06. The van der Waals surface area contributed by atoms with Crippen LogP contribution in [0.4, 0.5) is 5.69 Å². The fourth-order valence-corrected chi connectivity index (χ4v) is 2.50.